The molecular weight excluding hydrogens is 288 g/mol. The van der Waals surface area contributed by atoms with E-state index in [4.69, 9.17) is 16.7 Å². The topological polar surface area (TPSA) is 63.6 Å². The molecule has 1 aromatic heterocycles. The molecule has 6 heteroatoms. The number of carbonyl (C=O) groups excluding carboxylic acids is 1. The summed E-state index contributed by atoms with van der Waals surface area (Å²) in [4.78, 5) is 22.8. The Morgan fingerprint density at radius 3 is 2.58 bits per heavy atom. The van der Waals surface area contributed by atoms with Crippen molar-refractivity contribution in [3.63, 3.8) is 0 Å². The van der Waals surface area contributed by atoms with Gasteiger partial charge in [-0.3, -0.25) is 0 Å². The highest BCUT2D eigenvalue weighted by atomic mass is 35.5. The molecule has 0 saturated carbocycles. The third-order valence-corrected chi connectivity index (χ3v) is 3.59. The van der Waals surface area contributed by atoms with E-state index in [0.29, 0.717) is 15.5 Å². The second-order valence-corrected chi connectivity index (χ2v) is 5.07. The molecule has 1 N–H and O–H groups in total. The van der Waals surface area contributed by atoms with E-state index in [2.05, 4.69) is 4.74 Å². The third-order valence-electron chi connectivity index (χ3n) is 2.46. The number of thiophene rings is 1. The zero-order valence-corrected chi connectivity index (χ0v) is 11.4. The Morgan fingerprint density at radius 1 is 1.21 bits per heavy atom. The maximum absolute atomic E-state index is 11.4. The minimum absolute atomic E-state index is 0.105. The van der Waals surface area contributed by atoms with Crippen LogP contribution in [0.2, 0.25) is 5.02 Å². The molecule has 2 rings (SSSR count). The van der Waals surface area contributed by atoms with Gasteiger partial charge in [-0.15, -0.1) is 11.3 Å². The molecule has 98 valence electrons. The Bertz CT molecular complexity index is 648. The quantitative estimate of drug-likeness (QED) is 0.880. The highest BCUT2D eigenvalue weighted by Crippen LogP contribution is 2.29. The summed E-state index contributed by atoms with van der Waals surface area (Å²) in [6, 6.07) is 6.18. The third kappa shape index (κ3) is 2.94. The molecule has 0 saturated heterocycles. The van der Waals surface area contributed by atoms with Crippen LogP contribution in [0, 0.1) is 0 Å². The number of hydrogen-bond donors (Lipinski definition) is 1. The van der Waals surface area contributed by atoms with Crippen LogP contribution in [-0.4, -0.2) is 24.2 Å². The first kappa shape index (κ1) is 13.6. The lowest BCUT2D eigenvalue weighted by atomic mass is 10.1. The SMILES string of the molecule is COC(=O)c1cc(-c2cc(Cl)cc(C(=O)O)c2)cs1. The van der Waals surface area contributed by atoms with Crippen molar-refractivity contribution in [3.8, 4) is 11.1 Å². The van der Waals surface area contributed by atoms with Gasteiger partial charge in [-0.1, -0.05) is 11.6 Å². The van der Waals surface area contributed by atoms with Crippen molar-refractivity contribution in [2.45, 2.75) is 0 Å². The summed E-state index contributed by atoms with van der Waals surface area (Å²) in [5, 5.41) is 11.1. The molecule has 19 heavy (non-hydrogen) atoms. The normalized spacial score (nSPS) is 10.2. The number of esters is 1. The summed E-state index contributed by atoms with van der Waals surface area (Å²) in [6.07, 6.45) is 0. The van der Waals surface area contributed by atoms with Gasteiger partial charge in [-0.05, 0) is 40.8 Å². The summed E-state index contributed by atoms with van der Waals surface area (Å²) < 4.78 is 4.62. The molecule has 0 radical (unpaired) electrons. The summed E-state index contributed by atoms with van der Waals surface area (Å²) >= 11 is 7.12. The highest BCUT2D eigenvalue weighted by molar-refractivity contribution is 7.12. The van der Waals surface area contributed by atoms with Gasteiger partial charge >= 0.3 is 11.9 Å². The Hall–Kier alpha value is -1.85. The van der Waals surface area contributed by atoms with Crippen LogP contribution in [0.25, 0.3) is 11.1 Å². The van der Waals surface area contributed by atoms with E-state index in [1.54, 1.807) is 17.5 Å². The molecular formula is C13H9ClO4S. The Kier molecular flexibility index (Phi) is 3.87. The van der Waals surface area contributed by atoms with Crippen LogP contribution in [0.15, 0.2) is 29.6 Å². The monoisotopic (exact) mass is 296 g/mol. The molecule has 2 aromatic rings. The van der Waals surface area contributed by atoms with Crippen molar-refractivity contribution < 1.29 is 19.4 Å². The molecule has 1 aromatic carbocycles. The highest BCUT2D eigenvalue weighted by Gasteiger charge is 2.12. The van der Waals surface area contributed by atoms with Crippen molar-refractivity contribution in [2.24, 2.45) is 0 Å². The number of aromatic carboxylic acids is 1. The summed E-state index contributed by atoms with van der Waals surface area (Å²) in [5.41, 5.74) is 1.49. The first-order chi connectivity index (χ1) is 9.01. The van der Waals surface area contributed by atoms with Gasteiger partial charge in [0.25, 0.3) is 0 Å². The maximum atomic E-state index is 11.4. The number of carboxylic acid groups (broad SMARTS) is 1. The lowest BCUT2D eigenvalue weighted by Crippen LogP contribution is -1.97. The molecule has 0 aliphatic heterocycles. The smallest absolute Gasteiger partial charge is 0.348 e. The molecule has 0 aliphatic carbocycles. The van der Waals surface area contributed by atoms with Crippen LogP contribution < -0.4 is 0 Å². The number of carboxylic acids is 1. The van der Waals surface area contributed by atoms with E-state index in [1.807, 2.05) is 0 Å². The number of benzene rings is 1. The molecule has 0 bridgehead atoms. The number of rotatable bonds is 3. The fourth-order valence-electron chi connectivity index (χ4n) is 1.58. The molecule has 0 spiro atoms. The van der Waals surface area contributed by atoms with Gasteiger partial charge in [0, 0.05) is 5.02 Å². The average molecular weight is 297 g/mol. The molecule has 0 fully saturated rings. The van der Waals surface area contributed by atoms with Crippen LogP contribution in [0.5, 0.6) is 0 Å². The van der Waals surface area contributed by atoms with Crippen LogP contribution in [0.3, 0.4) is 0 Å². The fraction of sp³-hybridized carbons (Fsp3) is 0.0769. The van der Waals surface area contributed by atoms with Gasteiger partial charge in [-0.25, -0.2) is 9.59 Å². The van der Waals surface area contributed by atoms with Crippen molar-refractivity contribution in [3.05, 3.63) is 45.1 Å². The van der Waals surface area contributed by atoms with E-state index in [0.717, 1.165) is 5.56 Å². The predicted octanol–water partition coefficient (Wildman–Crippen LogP) is 3.55. The lowest BCUT2D eigenvalue weighted by Gasteiger charge is -2.02. The minimum atomic E-state index is -1.05. The first-order valence-electron chi connectivity index (χ1n) is 5.22. The van der Waals surface area contributed by atoms with Crippen LogP contribution in [-0.2, 0) is 4.74 Å². The van der Waals surface area contributed by atoms with E-state index < -0.39 is 11.9 Å². The molecule has 1 heterocycles. The molecule has 4 nitrogen and oxygen atoms in total. The van der Waals surface area contributed by atoms with E-state index in [1.165, 1.54) is 30.6 Å². The molecule has 0 amide bonds. The second-order valence-electron chi connectivity index (χ2n) is 3.72. The summed E-state index contributed by atoms with van der Waals surface area (Å²) in [5.74, 6) is -1.47. The largest absolute Gasteiger partial charge is 0.478 e. The van der Waals surface area contributed by atoms with Crippen LogP contribution in [0.4, 0.5) is 0 Å². The molecule has 0 atom stereocenters. The summed E-state index contributed by atoms with van der Waals surface area (Å²) in [6.45, 7) is 0. The number of methoxy groups -OCH3 is 1. The summed E-state index contributed by atoms with van der Waals surface area (Å²) in [7, 11) is 1.31. The van der Waals surface area contributed by atoms with E-state index >= 15 is 0 Å². The predicted molar refractivity (Wildman–Crippen MR) is 73.1 cm³/mol. The van der Waals surface area contributed by atoms with Crippen molar-refractivity contribution in [1.29, 1.82) is 0 Å². The maximum Gasteiger partial charge on any atom is 0.348 e. The number of halogens is 1. The minimum Gasteiger partial charge on any atom is -0.478 e. The van der Waals surface area contributed by atoms with Gasteiger partial charge in [0.2, 0.25) is 0 Å². The van der Waals surface area contributed by atoms with Crippen molar-refractivity contribution in [2.75, 3.05) is 7.11 Å². The van der Waals surface area contributed by atoms with Gasteiger partial charge in [0.05, 0.1) is 12.7 Å². The fourth-order valence-corrected chi connectivity index (χ4v) is 2.64. The number of carbonyl (C=O) groups is 2. The zero-order chi connectivity index (χ0) is 14.0. The average Bonchev–Trinajstić information content (AvgIpc) is 2.86. The lowest BCUT2D eigenvalue weighted by molar-refractivity contribution is 0.0605. The Labute approximate surface area is 118 Å². The van der Waals surface area contributed by atoms with Gasteiger partial charge in [-0.2, -0.15) is 0 Å². The zero-order valence-electron chi connectivity index (χ0n) is 9.84. The molecule has 0 aliphatic rings. The van der Waals surface area contributed by atoms with Gasteiger partial charge in [0.1, 0.15) is 4.88 Å². The first-order valence-corrected chi connectivity index (χ1v) is 6.48. The van der Waals surface area contributed by atoms with E-state index in [-0.39, 0.29) is 5.56 Å². The van der Waals surface area contributed by atoms with Crippen molar-refractivity contribution >= 4 is 34.9 Å². The van der Waals surface area contributed by atoms with E-state index in [9.17, 15) is 9.59 Å². The van der Waals surface area contributed by atoms with Gasteiger partial charge in [0.15, 0.2) is 0 Å². The standard InChI is InChI=1S/C13H9ClO4S/c1-18-13(17)11-5-9(6-19-11)7-2-8(12(15)16)4-10(14)3-7/h2-6H,1H3,(H,15,16). The van der Waals surface area contributed by atoms with Crippen molar-refractivity contribution in [1.82, 2.24) is 0 Å². The van der Waals surface area contributed by atoms with Crippen LogP contribution >= 0.6 is 22.9 Å². The Balaban J connectivity index is 2.44. The second kappa shape index (κ2) is 5.42. The number of ether oxygens (including phenoxy) is 1. The van der Waals surface area contributed by atoms with Crippen LogP contribution in [0.1, 0.15) is 20.0 Å². The molecule has 0 unspecified atom stereocenters. The Morgan fingerprint density at radius 2 is 1.95 bits per heavy atom. The van der Waals surface area contributed by atoms with Gasteiger partial charge < -0.3 is 9.84 Å². The number of hydrogen-bond acceptors (Lipinski definition) is 4.